The molecule has 1 aromatic heterocycles. The predicted octanol–water partition coefficient (Wildman–Crippen LogP) is 4.54. The number of carbonyl (C=O) groups excluding carboxylic acids is 2. The van der Waals surface area contributed by atoms with E-state index >= 15 is 0 Å². The summed E-state index contributed by atoms with van der Waals surface area (Å²) in [7, 11) is 0. The van der Waals surface area contributed by atoms with Gasteiger partial charge in [0.15, 0.2) is 0 Å². The van der Waals surface area contributed by atoms with E-state index in [9.17, 15) is 19.7 Å². The van der Waals surface area contributed by atoms with Crippen molar-refractivity contribution in [2.24, 2.45) is 0 Å². The molecule has 1 atom stereocenters. The summed E-state index contributed by atoms with van der Waals surface area (Å²) in [5.74, 6) is -0.426. The average Bonchev–Trinajstić information content (AvgIpc) is 3.25. The fourth-order valence-corrected chi connectivity index (χ4v) is 3.76. The number of amides is 2. The second-order valence-corrected chi connectivity index (χ2v) is 7.76. The van der Waals surface area contributed by atoms with Crippen molar-refractivity contribution in [1.29, 1.82) is 0 Å². The van der Waals surface area contributed by atoms with E-state index in [2.05, 4.69) is 15.6 Å². The lowest BCUT2D eigenvalue weighted by molar-refractivity contribution is -0.384. The molecule has 2 heterocycles. The maximum atomic E-state index is 12.8. The number of carbonyl (C=O) groups is 2. The van der Waals surface area contributed by atoms with Crippen LogP contribution in [0.1, 0.15) is 41.9 Å². The van der Waals surface area contributed by atoms with Gasteiger partial charge in [-0.1, -0.05) is 12.1 Å². The minimum absolute atomic E-state index is 0.0529. The maximum Gasteiger partial charge on any atom is 0.293 e. The quantitative estimate of drug-likeness (QED) is 0.407. The number of nitro benzene ring substituents is 1. The molecule has 9 nitrogen and oxygen atoms in total. The molecule has 0 radical (unpaired) electrons. The third-order valence-corrected chi connectivity index (χ3v) is 5.45. The first kappa shape index (κ1) is 21.9. The molecule has 1 aliphatic heterocycles. The van der Waals surface area contributed by atoms with Crippen molar-refractivity contribution in [3.05, 3.63) is 88.2 Å². The van der Waals surface area contributed by atoms with Crippen molar-refractivity contribution < 1.29 is 14.5 Å². The van der Waals surface area contributed by atoms with Crippen LogP contribution in [0.15, 0.2) is 66.9 Å². The molecule has 33 heavy (non-hydrogen) atoms. The molecule has 2 N–H and O–H groups in total. The Morgan fingerprint density at radius 3 is 2.70 bits per heavy atom. The Bertz CT molecular complexity index is 1200. The fourth-order valence-electron chi connectivity index (χ4n) is 3.76. The summed E-state index contributed by atoms with van der Waals surface area (Å²) in [4.78, 5) is 41.9. The van der Waals surface area contributed by atoms with E-state index in [1.165, 1.54) is 18.2 Å². The van der Waals surface area contributed by atoms with Gasteiger partial charge in [0.1, 0.15) is 5.69 Å². The number of nitrogens with one attached hydrogen (secondary N) is 2. The maximum absolute atomic E-state index is 12.8. The number of anilines is 3. The standard InChI is InChI=1S/C24H23N5O4/c1-16(20-8-2-3-12-25-20)26-21-11-10-17(14-22(21)29(32)33)24(31)27-18-6-4-7-19(15-18)28-13-5-9-23(28)30/h2-4,6-8,10-12,14-16,26H,5,9,13H2,1H3,(H,27,31). The first-order valence-electron chi connectivity index (χ1n) is 10.6. The van der Waals surface area contributed by atoms with E-state index in [1.54, 1.807) is 35.4 Å². The first-order valence-corrected chi connectivity index (χ1v) is 10.6. The Labute approximate surface area is 190 Å². The molecule has 2 aromatic carbocycles. The lowest BCUT2D eigenvalue weighted by Crippen LogP contribution is -2.23. The Kier molecular flexibility index (Phi) is 6.30. The van der Waals surface area contributed by atoms with Crippen LogP contribution in [0.3, 0.4) is 0 Å². The van der Waals surface area contributed by atoms with Crippen molar-refractivity contribution in [2.45, 2.75) is 25.8 Å². The molecule has 0 saturated carbocycles. The highest BCUT2D eigenvalue weighted by molar-refractivity contribution is 6.05. The smallest absolute Gasteiger partial charge is 0.293 e. The van der Waals surface area contributed by atoms with Crippen molar-refractivity contribution in [3.8, 4) is 0 Å². The Morgan fingerprint density at radius 1 is 1.15 bits per heavy atom. The topological polar surface area (TPSA) is 117 Å². The van der Waals surface area contributed by atoms with Gasteiger partial charge in [-0.3, -0.25) is 24.7 Å². The van der Waals surface area contributed by atoms with Crippen LogP contribution in [0.4, 0.5) is 22.7 Å². The van der Waals surface area contributed by atoms with Gasteiger partial charge in [-0.15, -0.1) is 0 Å². The van der Waals surface area contributed by atoms with Gasteiger partial charge in [-0.05, 0) is 55.8 Å². The average molecular weight is 445 g/mol. The number of nitro groups is 1. The highest BCUT2D eigenvalue weighted by Gasteiger charge is 2.23. The second kappa shape index (κ2) is 9.47. The SMILES string of the molecule is CC(Nc1ccc(C(=O)Nc2cccc(N3CCCC3=O)c2)cc1[N+](=O)[O-])c1ccccn1. The van der Waals surface area contributed by atoms with Gasteiger partial charge < -0.3 is 15.5 Å². The molecule has 1 unspecified atom stereocenters. The highest BCUT2D eigenvalue weighted by atomic mass is 16.6. The van der Waals surface area contributed by atoms with Crippen LogP contribution >= 0.6 is 0 Å². The van der Waals surface area contributed by atoms with E-state index in [-0.39, 0.29) is 23.2 Å². The van der Waals surface area contributed by atoms with E-state index in [0.29, 0.717) is 30.0 Å². The molecular weight excluding hydrogens is 422 g/mol. The van der Waals surface area contributed by atoms with Gasteiger partial charge in [0.05, 0.1) is 16.7 Å². The fraction of sp³-hybridized carbons (Fsp3) is 0.208. The van der Waals surface area contributed by atoms with Crippen molar-refractivity contribution in [3.63, 3.8) is 0 Å². The summed E-state index contributed by atoms with van der Waals surface area (Å²) in [6, 6.07) is 16.5. The van der Waals surface area contributed by atoms with Crippen LogP contribution in [0.2, 0.25) is 0 Å². The molecule has 168 valence electrons. The summed E-state index contributed by atoms with van der Waals surface area (Å²) in [5, 5.41) is 17.5. The van der Waals surface area contributed by atoms with Crippen LogP contribution in [0.25, 0.3) is 0 Å². The van der Waals surface area contributed by atoms with E-state index in [0.717, 1.165) is 12.1 Å². The molecule has 4 rings (SSSR count). The van der Waals surface area contributed by atoms with Gasteiger partial charge in [-0.2, -0.15) is 0 Å². The molecule has 9 heteroatoms. The Morgan fingerprint density at radius 2 is 2.00 bits per heavy atom. The van der Waals surface area contributed by atoms with Crippen LogP contribution in [0.5, 0.6) is 0 Å². The number of hydrogen-bond donors (Lipinski definition) is 2. The lowest BCUT2D eigenvalue weighted by Gasteiger charge is -2.17. The summed E-state index contributed by atoms with van der Waals surface area (Å²) in [6.07, 6.45) is 2.97. The Balaban J connectivity index is 1.52. The second-order valence-electron chi connectivity index (χ2n) is 7.76. The number of aromatic nitrogens is 1. The van der Waals surface area contributed by atoms with Gasteiger partial charge in [-0.25, -0.2) is 0 Å². The van der Waals surface area contributed by atoms with Crippen LogP contribution < -0.4 is 15.5 Å². The van der Waals surface area contributed by atoms with E-state index in [1.807, 2.05) is 25.1 Å². The van der Waals surface area contributed by atoms with E-state index < -0.39 is 10.8 Å². The molecule has 0 aliphatic carbocycles. The zero-order chi connectivity index (χ0) is 23.4. The number of hydrogen-bond acceptors (Lipinski definition) is 6. The summed E-state index contributed by atoms with van der Waals surface area (Å²) in [5.41, 5.74) is 2.20. The van der Waals surface area contributed by atoms with Gasteiger partial charge in [0.25, 0.3) is 11.6 Å². The zero-order valence-corrected chi connectivity index (χ0v) is 18.0. The van der Waals surface area contributed by atoms with Crippen LogP contribution in [-0.2, 0) is 4.79 Å². The summed E-state index contributed by atoms with van der Waals surface area (Å²) in [6.45, 7) is 2.50. The van der Waals surface area contributed by atoms with Crippen LogP contribution in [0, 0.1) is 10.1 Å². The van der Waals surface area contributed by atoms with Crippen molar-refractivity contribution in [1.82, 2.24) is 4.98 Å². The number of rotatable bonds is 7. The molecular formula is C24H23N5O4. The van der Waals surface area contributed by atoms with E-state index in [4.69, 9.17) is 0 Å². The monoisotopic (exact) mass is 445 g/mol. The first-order chi connectivity index (χ1) is 15.9. The lowest BCUT2D eigenvalue weighted by atomic mass is 10.1. The number of pyridine rings is 1. The molecule has 1 saturated heterocycles. The normalized spacial score (nSPS) is 14.1. The van der Waals surface area contributed by atoms with Gasteiger partial charge >= 0.3 is 0 Å². The third kappa shape index (κ3) is 4.98. The van der Waals surface area contributed by atoms with Gasteiger partial charge in [0, 0.05) is 42.2 Å². The third-order valence-electron chi connectivity index (χ3n) is 5.45. The Hall–Kier alpha value is -4.27. The largest absolute Gasteiger partial charge is 0.371 e. The summed E-state index contributed by atoms with van der Waals surface area (Å²) < 4.78 is 0. The molecule has 0 spiro atoms. The summed E-state index contributed by atoms with van der Waals surface area (Å²) >= 11 is 0. The van der Waals surface area contributed by atoms with Gasteiger partial charge in [0.2, 0.25) is 5.91 Å². The van der Waals surface area contributed by atoms with Crippen molar-refractivity contribution >= 4 is 34.6 Å². The molecule has 0 bridgehead atoms. The minimum atomic E-state index is -0.524. The number of benzene rings is 2. The number of nitrogens with zero attached hydrogens (tertiary/aromatic N) is 3. The molecule has 1 aliphatic rings. The predicted molar refractivity (Wildman–Crippen MR) is 125 cm³/mol. The molecule has 2 amide bonds. The van der Waals surface area contributed by atoms with Crippen LogP contribution in [-0.4, -0.2) is 28.3 Å². The molecule has 3 aromatic rings. The van der Waals surface area contributed by atoms with Crippen molar-refractivity contribution in [2.75, 3.05) is 22.1 Å². The molecule has 1 fully saturated rings. The minimum Gasteiger partial charge on any atom is -0.371 e. The zero-order valence-electron chi connectivity index (χ0n) is 18.0. The highest BCUT2D eigenvalue weighted by Crippen LogP contribution is 2.30.